The Kier molecular flexibility index (Phi) is 5.42. The van der Waals surface area contributed by atoms with Crippen LogP contribution in [0.2, 0.25) is 0 Å². The first kappa shape index (κ1) is 16.9. The lowest BCUT2D eigenvalue weighted by Crippen LogP contribution is -2.11. The molecule has 1 aromatic carbocycles. The zero-order valence-electron chi connectivity index (χ0n) is 11.6. The number of halogens is 1. The number of amides is 1. The van der Waals surface area contributed by atoms with Crippen molar-refractivity contribution in [1.82, 2.24) is 9.97 Å². The summed E-state index contributed by atoms with van der Waals surface area (Å²) in [4.78, 5) is 31.8. The third-order valence-electron chi connectivity index (χ3n) is 2.56. The molecule has 2 rings (SSSR count). The third kappa shape index (κ3) is 4.05. The highest BCUT2D eigenvalue weighted by Gasteiger charge is 2.18. The monoisotopic (exact) mass is 350 g/mol. The number of carbonyl (C=O) groups excluding carboxylic acids is 1. The molecule has 0 aliphatic carbocycles. The molecule has 2 aromatic rings. The minimum atomic E-state index is -1.32. The van der Waals surface area contributed by atoms with Crippen LogP contribution in [0.5, 0.6) is 0 Å². The molecule has 0 atom stereocenters. The van der Waals surface area contributed by atoms with E-state index >= 15 is 0 Å². The molecule has 1 aromatic heterocycles. The Labute approximate surface area is 137 Å². The van der Waals surface area contributed by atoms with Crippen molar-refractivity contribution in [2.75, 3.05) is 10.6 Å². The topological polar surface area (TPSA) is 143 Å². The second-order valence-electron chi connectivity index (χ2n) is 3.99. The maximum atomic E-state index is 11.8. The fourth-order valence-electron chi connectivity index (χ4n) is 1.61. The largest absolute Gasteiger partial charge is 0.449 e. The quantitative estimate of drug-likeness (QED) is 0.273. The molecule has 0 spiro atoms. The van der Waals surface area contributed by atoms with E-state index < -0.39 is 16.7 Å². The molecular weight excluding hydrogens is 343 g/mol. The van der Waals surface area contributed by atoms with Crippen LogP contribution in [-0.4, -0.2) is 21.0 Å². The minimum absolute atomic E-state index is 0.0544. The van der Waals surface area contributed by atoms with Gasteiger partial charge in [0.2, 0.25) is 5.95 Å². The normalized spacial score (nSPS) is 9.67. The summed E-state index contributed by atoms with van der Waals surface area (Å²) in [7, 11) is 0. The molecule has 24 heavy (non-hydrogen) atoms. The van der Waals surface area contributed by atoms with Crippen LogP contribution in [0, 0.1) is 20.8 Å². The molecule has 0 fully saturated rings. The second kappa shape index (κ2) is 7.70. The molecule has 1 amide bonds. The highest BCUT2D eigenvalue weighted by atomic mass is 32.2. The predicted molar refractivity (Wildman–Crippen MR) is 81.1 cm³/mol. The molecule has 122 valence electrons. The van der Waals surface area contributed by atoms with Crippen molar-refractivity contribution < 1.29 is 19.2 Å². The summed E-state index contributed by atoms with van der Waals surface area (Å²) in [6, 6.07) is 6.17. The Hall–Kier alpha value is -3.46. The first-order valence-corrected chi connectivity index (χ1v) is 6.89. The number of para-hydroxylation sites is 2. The van der Waals surface area contributed by atoms with Gasteiger partial charge in [0.1, 0.15) is 11.6 Å². The SMILES string of the molecule is N#CSc1nc(Nc2ccccc2NC(=O)OF)ncc1[N+](=O)[O-]. The van der Waals surface area contributed by atoms with Gasteiger partial charge in [0.15, 0.2) is 5.03 Å². The lowest BCUT2D eigenvalue weighted by molar-refractivity contribution is -0.388. The van der Waals surface area contributed by atoms with Gasteiger partial charge >= 0.3 is 11.8 Å². The van der Waals surface area contributed by atoms with Crippen molar-refractivity contribution in [2.45, 2.75) is 5.03 Å². The Morgan fingerprint density at radius 3 is 2.75 bits per heavy atom. The van der Waals surface area contributed by atoms with Crippen LogP contribution in [0.25, 0.3) is 0 Å². The molecule has 12 heteroatoms. The molecule has 0 aliphatic heterocycles. The number of thiocyanates is 1. The highest BCUT2D eigenvalue weighted by Crippen LogP contribution is 2.29. The van der Waals surface area contributed by atoms with E-state index in [4.69, 9.17) is 5.26 Å². The maximum absolute atomic E-state index is 11.8. The number of anilines is 3. The number of nitro groups is 1. The van der Waals surface area contributed by atoms with Crippen molar-refractivity contribution in [3.05, 3.63) is 40.6 Å². The number of rotatable bonds is 5. The van der Waals surface area contributed by atoms with E-state index in [0.29, 0.717) is 11.8 Å². The van der Waals surface area contributed by atoms with E-state index in [1.54, 1.807) is 17.5 Å². The van der Waals surface area contributed by atoms with Crippen LogP contribution < -0.4 is 10.6 Å². The van der Waals surface area contributed by atoms with Crippen molar-refractivity contribution in [3.8, 4) is 5.40 Å². The van der Waals surface area contributed by atoms with E-state index in [1.807, 2.05) is 0 Å². The number of hydrogen-bond donors (Lipinski definition) is 2. The van der Waals surface area contributed by atoms with Gasteiger partial charge in [-0.3, -0.25) is 15.4 Å². The van der Waals surface area contributed by atoms with Crippen molar-refractivity contribution in [1.29, 1.82) is 5.26 Å². The first-order chi connectivity index (χ1) is 11.5. The predicted octanol–water partition coefficient (Wildman–Crippen LogP) is 3.13. The number of benzene rings is 1. The van der Waals surface area contributed by atoms with Crippen LogP contribution >= 0.6 is 11.8 Å². The van der Waals surface area contributed by atoms with Gasteiger partial charge in [0.05, 0.1) is 16.3 Å². The Morgan fingerprint density at radius 1 is 1.42 bits per heavy atom. The fourth-order valence-corrected chi connectivity index (χ4v) is 2.06. The number of aromatic nitrogens is 2. The Balaban J connectivity index is 2.32. The van der Waals surface area contributed by atoms with E-state index in [-0.39, 0.29) is 22.3 Å². The van der Waals surface area contributed by atoms with Gasteiger partial charge in [-0.2, -0.15) is 10.2 Å². The summed E-state index contributed by atoms with van der Waals surface area (Å²) < 4.78 is 11.8. The van der Waals surface area contributed by atoms with E-state index in [9.17, 15) is 19.4 Å². The molecule has 2 N–H and O–H groups in total. The first-order valence-electron chi connectivity index (χ1n) is 6.08. The molecule has 0 saturated heterocycles. The molecule has 0 saturated carbocycles. The Bertz CT molecular complexity index is 827. The third-order valence-corrected chi connectivity index (χ3v) is 3.14. The second-order valence-corrected chi connectivity index (χ2v) is 4.77. The maximum Gasteiger partial charge on any atom is 0.449 e. The zero-order chi connectivity index (χ0) is 17.5. The molecule has 1 heterocycles. The van der Waals surface area contributed by atoms with Crippen LogP contribution in [-0.2, 0) is 4.94 Å². The van der Waals surface area contributed by atoms with Gasteiger partial charge in [-0.25, -0.2) is 14.7 Å². The standard InChI is InChI=1S/C12H7FN6O4S/c13-23-12(20)17-8-4-2-1-3-7(8)16-11-15-5-9(19(21)22)10(18-11)24-6-14/h1-5H,(H,17,20)(H,15,16,18). The molecule has 10 nitrogen and oxygen atoms in total. The number of nitriles is 1. The summed E-state index contributed by atoms with van der Waals surface area (Å²) in [5.74, 6) is -0.0544. The van der Waals surface area contributed by atoms with E-state index in [2.05, 4.69) is 25.5 Å². The number of nitrogens with zero attached hydrogens (tertiary/aromatic N) is 4. The van der Waals surface area contributed by atoms with Crippen molar-refractivity contribution >= 4 is 40.9 Å². The van der Waals surface area contributed by atoms with E-state index in [0.717, 1.165) is 6.20 Å². The van der Waals surface area contributed by atoms with Crippen LogP contribution in [0.4, 0.5) is 32.3 Å². The van der Waals surface area contributed by atoms with E-state index in [1.165, 1.54) is 12.1 Å². The Morgan fingerprint density at radius 2 is 2.12 bits per heavy atom. The summed E-state index contributed by atoms with van der Waals surface area (Å²) in [5.41, 5.74) is 0.0285. The summed E-state index contributed by atoms with van der Waals surface area (Å²) in [5, 5.41) is 25.9. The van der Waals surface area contributed by atoms with Gasteiger partial charge in [-0.1, -0.05) is 12.1 Å². The van der Waals surface area contributed by atoms with Crippen LogP contribution in [0.3, 0.4) is 0 Å². The smallest absolute Gasteiger partial charge is 0.322 e. The molecule has 0 unspecified atom stereocenters. The van der Waals surface area contributed by atoms with Gasteiger partial charge < -0.3 is 5.32 Å². The van der Waals surface area contributed by atoms with Gasteiger partial charge in [0.25, 0.3) is 0 Å². The number of carbonyl (C=O) groups is 1. The number of hydrogen-bond acceptors (Lipinski definition) is 9. The molecule has 0 bridgehead atoms. The molecule has 0 aliphatic rings. The van der Waals surface area contributed by atoms with Crippen LogP contribution in [0.1, 0.15) is 0 Å². The molecule has 0 radical (unpaired) electrons. The summed E-state index contributed by atoms with van der Waals surface area (Å²) in [6.07, 6.45) is -0.379. The average Bonchev–Trinajstić information content (AvgIpc) is 2.57. The zero-order valence-corrected chi connectivity index (χ0v) is 12.4. The van der Waals surface area contributed by atoms with Gasteiger partial charge in [-0.15, -0.1) is 0 Å². The van der Waals surface area contributed by atoms with Gasteiger partial charge in [0, 0.05) is 16.3 Å². The van der Waals surface area contributed by atoms with Crippen LogP contribution in [0.15, 0.2) is 35.5 Å². The highest BCUT2D eigenvalue weighted by molar-refractivity contribution is 8.03. The number of thioether (sulfide) groups is 1. The summed E-state index contributed by atoms with van der Waals surface area (Å²) >= 11 is 0.507. The average molecular weight is 350 g/mol. The molecular formula is C12H7FN6O4S. The van der Waals surface area contributed by atoms with Crippen molar-refractivity contribution in [2.24, 2.45) is 0 Å². The minimum Gasteiger partial charge on any atom is -0.322 e. The summed E-state index contributed by atoms with van der Waals surface area (Å²) in [6.45, 7) is 0. The number of nitrogens with one attached hydrogen (secondary N) is 2. The van der Waals surface area contributed by atoms with Gasteiger partial charge in [-0.05, 0) is 12.1 Å². The lowest BCUT2D eigenvalue weighted by Gasteiger charge is -2.10. The van der Waals surface area contributed by atoms with Crippen molar-refractivity contribution in [3.63, 3.8) is 0 Å². The fraction of sp³-hybridized carbons (Fsp3) is 0. The lowest BCUT2D eigenvalue weighted by atomic mass is 10.2.